The molecule has 0 unspecified atom stereocenters. The highest BCUT2D eigenvalue weighted by molar-refractivity contribution is 5.72. The van der Waals surface area contributed by atoms with E-state index >= 15 is 0 Å². The van der Waals surface area contributed by atoms with Crippen molar-refractivity contribution < 1.29 is 4.42 Å². The molecular weight excluding hydrogens is 214 g/mol. The van der Waals surface area contributed by atoms with Gasteiger partial charge in [0.05, 0.1) is 0 Å². The molecule has 0 amide bonds. The van der Waals surface area contributed by atoms with Crippen LogP contribution in [0.15, 0.2) is 29.0 Å². The number of rotatable bonds is 4. The van der Waals surface area contributed by atoms with Crippen LogP contribution >= 0.6 is 0 Å². The zero-order chi connectivity index (χ0) is 11.7. The van der Waals surface area contributed by atoms with Gasteiger partial charge >= 0.3 is 0 Å². The minimum Gasteiger partial charge on any atom is -0.443 e. The smallest absolute Gasteiger partial charge is 0.181 e. The van der Waals surface area contributed by atoms with Gasteiger partial charge in [-0.2, -0.15) is 0 Å². The molecule has 1 aromatic carbocycles. The van der Waals surface area contributed by atoms with Crippen molar-refractivity contribution in [1.82, 2.24) is 15.2 Å². The SMILES string of the molecule is CN(CCc1ccc2ncoc2c1)C1CNC1. The lowest BCUT2D eigenvalue weighted by atomic mass is 10.1. The molecule has 0 atom stereocenters. The average Bonchev–Trinajstić information content (AvgIpc) is 2.71. The Morgan fingerprint density at radius 2 is 2.35 bits per heavy atom. The van der Waals surface area contributed by atoms with E-state index in [4.69, 9.17) is 4.42 Å². The van der Waals surface area contributed by atoms with Gasteiger partial charge in [-0.25, -0.2) is 4.98 Å². The third-order valence-corrected chi connectivity index (χ3v) is 3.53. The van der Waals surface area contributed by atoms with Gasteiger partial charge in [0.1, 0.15) is 5.52 Å². The molecule has 1 aliphatic heterocycles. The summed E-state index contributed by atoms with van der Waals surface area (Å²) in [6, 6.07) is 6.97. The molecule has 17 heavy (non-hydrogen) atoms. The van der Waals surface area contributed by atoms with Crippen LogP contribution in [-0.2, 0) is 6.42 Å². The Morgan fingerprint density at radius 1 is 1.47 bits per heavy atom. The summed E-state index contributed by atoms with van der Waals surface area (Å²) in [7, 11) is 2.19. The zero-order valence-electron chi connectivity index (χ0n) is 10.0. The van der Waals surface area contributed by atoms with Crippen molar-refractivity contribution in [3.63, 3.8) is 0 Å². The second-order valence-corrected chi connectivity index (χ2v) is 4.70. The van der Waals surface area contributed by atoms with Gasteiger partial charge < -0.3 is 14.6 Å². The van der Waals surface area contributed by atoms with Crippen molar-refractivity contribution >= 4 is 11.1 Å². The maximum Gasteiger partial charge on any atom is 0.181 e. The lowest BCUT2D eigenvalue weighted by molar-refractivity contribution is 0.182. The summed E-state index contributed by atoms with van der Waals surface area (Å²) in [5, 5.41) is 3.30. The third kappa shape index (κ3) is 2.18. The summed E-state index contributed by atoms with van der Waals surface area (Å²) in [5.74, 6) is 0. The van der Waals surface area contributed by atoms with Crippen LogP contribution in [0.2, 0.25) is 0 Å². The second-order valence-electron chi connectivity index (χ2n) is 4.70. The molecular formula is C13H17N3O. The molecule has 0 bridgehead atoms. The van der Waals surface area contributed by atoms with Crippen LogP contribution in [0, 0.1) is 0 Å². The molecule has 90 valence electrons. The van der Waals surface area contributed by atoms with Gasteiger partial charge in [-0.15, -0.1) is 0 Å². The quantitative estimate of drug-likeness (QED) is 0.860. The fourth-order valence-electron chi connectivity index (χ4n) is 2.13. The first-order chi connectivity index (χ1) is 8.33. The first-order valence-electron chi connectivity index (χ1n) is 6.06. The summed E-state index contributed by atoms with van der Waals surface area (Å²) in [6.07, 6.45) is 2.56. The number of nitrogens with zero attached hydrogens (tertiary/aromatic N) is 2. The fourth-order valence-corrected chi connectivity index (χ4v) is 2.13. The first kappa shape index (κ1) is 10.7. The third-order valence-electron chi connectivity index (χ3n) is 3.53. The molecule has 2 heterocycles. The van der Waals surface area contributed by atoms with E-state index in [0.717, 1.165) is 37.2 Å². The highest BCUT2D eigenvalue weighted by Crippen LogP contribution is 2.15. The van der Waals surface area contributed by atoms with Crippen LogP contribution in [0.4, 0.5) is 0 Å². The molecule has 4 nitrogen and oxygen atoms in total. The van der Waals surface area contributed by atoms with Crippen LogP contribution in [-0.4, -0.2) is 42.6 Å². The van der Waals surface area contributed by atoms with Crippen LogP contribution < -0.4 is 5.32 Å². The van der Waals surface area contributed by atoms with Crippen molar-refractivity contribution in [2.45, 2.75) is 12.5 Å². The van der Waals surface area contributed by atoms with E-state index in [2.05, 4.69) is 34.4 Å². The minimum absolute atomic E-state index is 0.712. The van der Waals surface area contributed by atoms with Gasteiger partial charge in [0.25, 0.3) is 0 Å². The predicted molar refractivity (Wildman–Crippen MR) is 67.0 cm³/mol. The number of fused-ring (bicyclic) bond motifs is 1. The van der Waals surface area contributed by atoms with E-state index in [1.807, 2.05) is 6.07 Å². The van der Waals surface area contributed by atoms with Crippen molar-refractivity contribution in [1.29, 1.82) is 0 Å². The Bertz CT molecular complexity index is 504. The highest BCUT2D eigenvalue weighted by Gasteiger charge is 2.20. The van der Waals surface area contributed by atoms with Crippen molar-refractivity contribution in [2.75, 3.05) is 26.7 Å². The van der Waals surface area contributed by atoms with Crippen LogP contribution in [0.3, 0.4) is 0 Å². The molecule has 1 fully saturated rings. The maximum absolute atomic E-state index is 5.31. The molecule has 1 aromatic heterocycles. The Hall–Kier alpha value is -1.39. The lowest BCUT2D eigenvalue weighted by Gasteiger charge is -2.35. The molecule has 4 heteroatoms. The van der Waals surface area contributed by atoms with Crippen molar-refractivity contribution in [3.05, 3.63) is 30.2 Å². The number of benzene rings is 1. The Kier molecular flexibility index (Phi) is 2.82. The van der Waals surface area contributed by atoms with Gasteiger partial charge in [-0.3, -0.25) is 0 Å². The molecule has 3 rings (SSSR count). The van der Waals surface area contributed by atoms with Crippen molar-refractivity contribution in [2.24, 2.45) is 0 Å². The zero-order valence-corrected chi connectivity index (χ0v) is 10.0. The Morgan fingerprint density at radius 3 is 3.12 bits per heavy atom. The van der Waals surface area contributed by atoms with E-state index in [0.29, 0.717) is 6.04 Å². The molecule has 0 aliphatic carbocycles. The molecule has 0 radical (unpaired) electrons. The van der Waals surface area contributed by atoms with Crippen LogP contribution in [0.25, 0.3) is 11.1 Å². The molecule has 2 aromatic rings. The van der Waals surface area contributed by atoms with E-state index in [9.17, 15) is 0 Å². The monoisotopic (exact) mass is 231 g/mol. The number of aromatic nitrogens is 1. The number of likely N-dealkylation sites (N-methyl/N-ethyl adjacent to an activating group) is 1. The Labute approximate surface area is 101 Å². The fraction of sp³-hybridized carbons (Fsp3) is 0.462. The van der Waals surface area contributed by atoms with E-state index in [1.54, 1.807) is 0 Å². The molecule has 1 aliphatic rings. The molecule has 1 saturated heterocycles. The molecule has 1 N–H and O–H groups in total. The number of nitrogens with one attached hydrogen (secondary N) is 1. The Balaban J connectivity index is 1.63. The minimum atomic E-state index is 0.712. The van der Waals surface area contributed by atoms with Gasteiger partial charge in [0.15, 0.2) is 12.0 Å². The summed E-state index contributed by atoms with van der Waals surface area (Å²) in [6.45, 7) is 3.33. The van der Waals surface area contributed by atoms with Crippen LogP contribution in [0.5, 0.6) is 0 Å². The average molecular weight is 231 g/mol. The summed E-state index contributed by atoms with van der Waals surface area (Å²) in [4.78, 5) is 6.54. The van der Waals surface area contributed by atoms with Gasteiger partial charge in [-0.05, 0) is 31.2 Å². The topological polar surface area (TPSA) is 41.3 Å². The lowest BCUT2D eigenvalue weighted by Crippen LogP contribution is -2.56. The second kappa shape index (κ2) is 4.47. The van der Waals surface area contributed by atoms with E-state index < -0.39 is 0 Å². The van der Waals surface area contributed by atoms with Crippen LogP contribution in [0.1, 0.15) is 5.56 Å². The van der Waals surface area contributed by atoms with Gasteiger partial charge in [0, 0.05) is 25.7 Å². The van der Waals surface area contributed by atoms with E-state index in [-0.39, 0.29) is 0 Å². The standard InChI is InChI=1S/C13H17N3O/c1-16(11-7-14-8-11)5-4-10-2-3-12-13(6-10)17-9-15-12/h2-3,6,9,11,14H,4-5,7-8H2,1H3. The van der Waals surface area contributed by atoms with E-state index in [1.165, 1.54) is 12.0 Å². The maximum atomic E-state index is 5.31. The normalized spacial score (nSPS) is 16.6. The predicted octanol–water partition coefficient (Wildman–Crippen LogP) is 1.27. The summed E-state index contributed by atoms with van der Waals surface area (Å²) in [5.41, 5.74) is 3.13. The molecule has 0 spiro atoms. The highest BCUT2D eigenvalue weighted by atomic mass is 16.3. The van der Waals surface area contributed by atoms with Gasteiger partial charge in [-0.1, -0.05) is 6.07 Å². The number of oxazole rings is 1. The van der Waals surface area contributed by atoms with Gasteiger partial charge in [0.2, 0.25) is 0 Å². The largest absolute Gasteiger partial charge is 0.443 e. The summed E-state index contributed by atoms with van der Waals surface area (Å²) >= 11 is 0. The van der Waals surface area contributed by atoms with Crippen molar-refractivity contribution in [3.8, 4) is 0 Å². The number of hydrogen-bond acceptors (Lipinski definition) is 4. The number of hydrogen-bond donors (Lipinski definition) is 1. The molecule has 0 saturated carbocycles. The first-order valence-corrected chi connectivity index (χ1v) is 6.06. The summed E-state index contributed by atoms with van der Waals surface area (Å²) < 4.78 is 5.31.